The van der Waals surface area contributed by atoms with E-state index in [2.05, 4.69) is 10.1 Å². The predicted molar refractivity (Wildman–Crippen MR) is 68.8 cm³/mol. The molecule has 0 aliphatic carbocycles. The zero-order chi connectivity index (χ0) is 15.0. The largest absolute Gasteiger partial charge is 0.432 e. The number of hydrogen-bond acceptors (Lipinski definition) is 2. The molecule has 0 saturated heterocycles. The molecular weight excluding hydrogens is 295 g/mol. The number of anilines is 1. The smallest absolute Gasteiger partial charge is 0.428 e. The van der Waals surface area contributed by atoms with Crippen LogP contribution in [0.5, 0.6) is 0 Å². The van der Waals surface area contributed by atoms with Crippen molar-refractivity contribution in [2.45, 2.75) is 38.0 Å². The third-order valence-corrected chi connectivity index (χ3v) is 3.50. The predicted octanol–water partition coefficient (Wildman–Crippen LogP) is 4.85. The molecule has 1 atom stereocenters. The normalized spacial score (nSPS) is 21.9. The minimum atomic E-state index is -4.71. The van der Waals surface area contributed by atoms with Crippen molar-refractivity contribution >= 4 is 23.4 Å². The van der Waals surface area contributed by atoms with E-state index in [4.69, 9.17) is 11.6 Å². The van der Waals surface area contributed by atoms with E-state index in [9.17, 15) is 18.0 Å². The number of ether oxygens (including phenoxy) is 1. The molecule has 1 aliphatic rings. The highest BCUT2D eigenvalue weighted by atomic mass is 35.5. The molecule has 20 heavy (non-hydrogen) atoms. The van der Waals surface area contributed by atoms with Crippen molar-refractivity contribution in [1.29, 1.82) is 0 Å². The van der Waals surface area contributed by atoms with Gasteiger partial charge in [0.25, 0.3) is 0 Å². The highest BCUT2D eigenvalue weighted by Crippen LogP contribution is 2.50. The maximum atomic E-state index is 13.6. The first-order chi connectivity index (χ1) is 9.30. The van der Waals surface area contributed by atoms with Crippen LogP contribution in [0, 0.1) is 0 Å². The van der Waals surface area contributed by atoms with Crippen molar-refractivity contribution < 1.29 is 22.7 Å². The zero-order valence-electron chi connectivity index (χ0n) is 10.7. The molecule has 0 bridgehead atoms. The van der Waals surface area contributed by atoms with Crippen molar-refractivity contribution in [2.24, 2.45) is 0 Å². The Morgan fingerprint density at radius 3 is 2.70 bits per heavy atom. The summed E-state index contributed by atoms with van der Waals surface area (Å²) in [5, 5.41) is 2.43. The van der Waals surface area contributed by atoms with Gasteiger partial charge in [-0.1, -0.05) is 24.9 Å². The molecule has 0 radical (unpaired) electrons. The third kappa shape index (κ3) is 2.44. The van der Waals surface area contributed by atoms with Crippen LogP contribution < -0.4 is 5.32 Å². The lowest BCUT2D eigenvalue weighted by Crippen LogP contribution is -2.50. The third-order valence-electron chi connectivity index (χ3n) is 3.26. The molecule has 1 unspecified atom stereocenters. The van der Waals surface area contributed by atoms with E-state index in [1.54, 1.807) is 6.92 Å². The molecular formula is C13H13ClF3NO2. The molecule has 1 aromatic carbocycles. The Hall–Kier alpha value is -1.43. The monoisotopic (exact) mass is 307 g/mol. The van der Waals surface area contributed by atoms with Crippen molar-refractivity contribution in [3.63, 3.8) is 0 Å². The van der Waals surface area contributed by atoms with Gasteiger partial charge < -0.3 is 4.74 Å². The quantitative estimate of drug-likeness (QED) is 0.867. The van der Waals surface area contributed by atoms with Crippen LogP contribution in [0.15, 0.2) is 18.2 Å². The SMILES string of the molecule is CCCCC1(C(F)(F)F)OC(=O)Nc2ccc(Cl)cc21. The Bertz CT molecular complexity index is 533. The maximum Gasteiger partial charge on any atom is 0.432 e. The number of carbonyl (C=O) groups is 1. The summed E-state index contributed by atoms with van der Waals surface area (Å²) in [6, 6.07) is 3.97. The van der Waals surface area contributed by atoms with Gasteiger partial charge in [0.1, 0.15) is 0 Å². The van der Waals surface area contributed by atoms with E-state index in [1.807, 2.05) is 0 Å². The Morgan fingerprint density at radius 1 is 1.40 bits per heavy atom. The number of carbonyl (C=O) groups excluding carboxylic acids is 1. The highest BCUT2D eigenvalue weighted by Gasteiger charge is 2.61. The number of fused-ring (bicyclic) bond motifs is 1. The van der Waals surface area contributed by atoms with Crippen LogP contribution >= 0.6 is 11.6 Å². The Morgan fingerprint density at radius 2 is 2.10 bits per heavy atom. The Labute approximate surface area is 119 Å². The standard InChI is InChI=1S/C13H13ClF3NO2/c1-2-3-6-12(13(15,16)17)9-7-8(14)4-5-10(9)18-11(19)20-12/h4-5,7H,2-3,6H2,1H3,(H,18,19). The van der Waals surface area contributed by atoms with Gasteiger partial charge in [0.15, 0.2) is 0 Å². The molecule has 1 N–H and O–H groups in total. The molecule has 1 aromatic rings. The molecule has 110 valence electrons. The summed E-state index contributed by atoms with van der Waals surface area (Å²) in [6.45, 7) is 1.77. The molecule has 0 spiro atoms. The van der Waals surface area contributed by atoms with Gasteiger partial charge in [0.2, 0.25) is 5.60 Å². The van der Waals surface area contributed by atoms with E-state index in [0.29, 0.717) is 6.42 Å². The number of alkyl halides is 3. The summed E-state index contributed by atoms with van der Waals surface area (Å²) in [5.41, 5.74) is -2.70. The number of benzene rings is 1. The van der Waals surface area contributed by atoms with Gasteiger partial charge in [-0.15, -0.1) is 0 Å². The number of halogens is 4. The number of rotatable bonds is 3. The zero-order valence-corrected chi connectivity index (χ0v) is 11.4. The summed E-state index contributed by atoms with van der Waals surface area (Å²) in [7, 11) is 0. The van der Waals surface area contributed by atoms with Gasteiger partial charge in [-0.2, -0.15) is 13.2 Å². The summed E-state index contributed by atoms with van der Waals surface area (Å²) < 4.78 is 45.4. The second-order valence-corrected chi connectivity index (χ2v) is 5.07. The van der Waals surface area contributed by atoms with Gasteiger partial charge in [-0.3, -0.25) is 5.32 Å². The number of nitrogens with one attached hydrogen (secondary N) is 1. The second-order valence-electron chi connectivity index (χ2n) is 4.63. The molecule has 1 heterocycles. The molecule has 0 saturated carbocycles. The van der Waals surface area contributed by atoms with Crippen molar-refractivity contribution in [3.05, 3.63) is 28.8 Å². The van der Waals surface area contributed by atoms with Crippen molar-refractivity contribution in [1.82, 2.24) is 0 Å². The minimum absolute atomic E-state index is 0.0825. The lowest BCUT2D eigenvalue weighted by atomic mass is 9.85. The molecule has 2 rings (SSSR count). The molecule has 0 fully saturated rings. The maximum absolute atomic E-state index is 13.6. The topological polar surface area (TPSA) is 38.3 Å². The van der Waals surface area contributed by atoms with Gasteiger partial charge in [-0.25, -0.2) is 4.79 Å². The Balaban J connectivity index is 2.61. The van der Waals surface area contributed by atoms with E-state index in [1.165, 1.54) is 18.2 Å². The molecule has 0 aromatic heterocycles. The number of amides is 1. The van der Waals surface area contributed by atoms with E-state index in [-0.39, 0.29) is 29.1 Å². The first-order valence-corrected chi connectivity index (χ1v) is 6.54. The van der Waals surface area contributed by atoms with Crippen LogP contribution in [0.2, 0.25) is 5.02 Å². The fourth-order valence-corrected chi connectivity index (χ4v) is 2.44. The van der Waals surface area contributed by atoms with Crippen LogP contribution in [-0.2, 0) is 10.3 Å². The number of hydrogen-bond donors (Lipinski definition) is 1. The van der Waals surface area contributed by atoms with Crippen LogP contribution in [0.4, 0.5) is 23.7 Å². The van der Waals surface area contributed by atoms with Gasteiger partial charge in [-0.05, 0) is 24.6 Å². The summed E-state index contributed by atoms with van der Waals surface area (Å²) in [6.07, 6.45) is -5.31. The Kier molecular flexibility index (Phi) is 3.86. The summed E-state index contributed by atoms with van der Waals surface area (Å²) >= 11 is 5.79. The van der Waals surface area contributed by atoms with E-state index in [0.717, 1.165) is 0 Å². The van der Waals surface area contributed by atoms with Crippen LogP contribution in [0.1, 0.15) is 31.7 Å². The summed E-state index contributed by atoms with van der Waals surface area (Å²) in [4.78, 5) is 11.5. The van der Waals surface area contributed by atoms with Crippen LogP contribution in [0.25, 0.3) is 0 Å². The van der Waals surface area contributed by atoms with E-state index < -0.39 is 17.9 Å². The van der Waals surface area contributed by atoms with E-state index >= 15 is 0 Å². The van der Waals surface area contributed by atoms with Gasteiger partial charge in [0, 0.05) is 17.0 Å². The fourth-order valence-electron chi connectivity index (χ4n) is 2.27. The lowest BCUT2D eigenvalue weighted by molar-refractivity contribution is -0.267. The van der Waals surface area contributed by atoms with Crippen molar-refractivity contribution in [3.8, 4) is 0 Å². The van der Waals surface area contributed by atoms with Crippen LogP contribution in [-0.4, -0.2) is 12.3 Å². The average molecular weight is 308 g/mol. The number of unbranched alkanes of at least 4 members (excludes halogenated alkanes) is 1. The molecule has 3 nitrogen and oxygen atoms in total. The minimum Gasteiger partial charge on any atom is -0.428 e. The first-order valence-electron chi connectivity index (χ1n) is 6.17. The van der Waals surface area contributed by atoms with Gasteiger partial charge >= 0.3 is 12.3 Å². The fraction of sp³-hybridized carbons (Fsp3) is 0.462. The van der Waals surface area contributed by atoms with Gasteiger partial charge in [0.05, 0.1) is 5.69 Å². The lowest BCUT2D eigenvalue weighted by Gasteiger charge is -2.39. The second kappa shape index (κ2) is 5.16. The van der Waals surface area contributed by atoms with Crippen molar-refractivity contribution in [2.75, 3.05) is 5.32 Å². The molecule has 1 aliphatic heterocycles. The molecule has 7 heteroatoms. The molecule has 1 amide bonds. The van der Waals surface area contributed by atoms with Crippen LogP contribution in [0.3, 0.4) is 0 Å². The first kappa shape index (κ1) is 15.0. The highest BCUT2D eigenvalue weighted by molar-refractivity contribution is 6.30. The number of cyclic esters (lactones) is 1. The average Bonchev–Trinajstić information content (AvgIpc) is 2.35. The summed E-state index contributed by atoms with van der Waals surface area (Å²) in [5.74, 6) is 0.